The average molecular weight is 360 g/mol. The monoisotopic (exact) mass is 359 g/mol. The number of ether oxygens (including phenoxy) is 2. The maximum Gasteiger partial charge on any atom is 0.325 e. The fourth-order valence-electron chi connectivity index (χ4n) is 2.00. The van der Waals surface area contributed by atoms with Crippen molar-refractivity contribution >= 4 is 27.3 Å². The Morgan fingerprint density at radius 2 is 1.91 bits per heavy atom. The molecule has 0 amide bonds. The van der Waals surface area contributed by atoms with Gasteiger partial charge in [0.05, 0.1) is 5.02 Å². The van der Waals surface area contributed by atoms with Gasteiger partial charge < -0.3 is 14.5 Å². The summed E-state index contributed by atoms with van der Waals surface area (Å²) in [6.45, 7) is 0.441. The first-order valence-electron chi connectivity index (χ1n) is 6.31. The Labute approximate surface area is 134 Å². The molecular formula is C12H10ClN3O6S. The minimum absolute atomic E-state index is 0.0305. The van der Waals surface area contributed by atoms with Crippen molar-refractivity contribution in [2.75, 3.05) is 17.9 Å². The summed E-state index contributed by atoms with van der Waals surface area (Å²) in [4.78, 5) is 26.3. The molecule has 11 heteroatoms. The number of aromatic amines is 2. The first-order chi connectivity index (χ1) is 10.9. The van der Waals surface area contributed by atoms with Gasteiger partial charge in [-0.3, -0.25) is 14.5 Å². The molecule has 2 aromatic rings. The van der Waals surface area contributed by atoms with E-state index >= 15 is 0 Å². The van der Waals surface area contributed by atoms with Crippen LogP contribution < -0.4 is 25.4 Å². The normalized spacial score (nSPS) is 13.6. The van der Waals surface area contributed by atoms with Gasteiger partial charge in [0.2, 0.25) is 0 Å². The Bertz CT molecular complexity index is 981. The molecule has 9 nitrogen and oxygen atoms in total. The summed E-state index contributed by atoms with van der Waals surface area (Å²) in [5.41, 5.74) is -2.02. The third-order valence-corrected chi connectivity index (χ3v) is 4.81. The summed E-state index contributed by atoms with van der Waals surface area (Å²) in [5.74, 6) is 0.202. The molecule has 0 radical (unpaired) electrons. The third kappa shape index (κ3) is 2.90. The van der Waals surface area contributed by atoms with E-state index in [1.165, 1.54) is 12.1 Å². The number of rotatable bonds is 3. The Balaban J connectivity index is 2.10. The molecule has 0 saturated carbocycles. The molecule has 1 aliphatic rings. The van der Waals surface area contributed by atoms with Crippen LogP contribution in [0.2, 0.25) is 5.02 Å². The summed E-state index contributed by atoms with van der Waals surface area (Å²) in [5, 5.41) is -0.0948. The Hall–Kier alpha value is -2.46. The van der Waals surface area contributed by atoms with Crippen LogP contribution in [0.3, 0.4) is 0 Å². The highest BCUT2D eigenvalue weighted by molar-refractivity contribution is 7.93. The lowest BCUT2D eigenvalue weighted by molar-refractivity contribution is 0.167. The molecule has 122 valence electrons. The van der Waals surface area contributed by atoms with Crippen LogP contribution >= 0.6 is 11.6 Å². The topological polar surface area (TPSA) is 130 Å². The van der Waals surface area contributed by atoms with Gasteiger partial charge in [-0.1, -0.05) is 11.6 Å². The van der Waals surface area contributed by atoms with Gasteiger partial charge in [-0.25, -0.2) is 13.2 Å². The van der Waals surface area contributed by atoms with Crippen LogP contribution in [0.1, 0.15) is 0 Å². The number of halogens is 1. The lowest BCUT2D eigenvalue weighted by atomic mass is 10.3. The van der Waals surface area contributed by atoms with Gasteiger partial charge in [-0.2, -0.15) is 0 Å². The molecule has 0 unspecified atom stereocenters. The Morgan fingerprint density at radius 3 is 2.65 bits per heavy atom. The highest BCUT2D eigenvalue weighted by Crippen LogP contribution is 2.41. The van der Waals surface area contributed by atoms with Gasteiger partial charge in [0.15, 0.2) is 16.4 Å². The molecule has 1 aromatic carbocycles. The molecule has 0 aliphatic carbocycles. The zero-order chi connectivity index (χ0) is 16.6. The van der Waals surface area contributed by atoms with E-state index in [-0.39, 0.29) is 40.3 Å². The zero-order valence-electron chi connectivity index (χ0n) is 11.4. The van der Waals surface area contributed by atoms with E-state index in [0.29, 0.717) is 0 Å². The van der Waals surface area contributed by atoms with E-state index in [2.05, 4.69) is 9.71 Å². The zero-order valence-corrected chi connectivity index (χ0v) is 13.0. The Kier molecular flexibility index (Phi) is 3.78. The largest absolute Gasteiger partial charge is 0.486 e. The van der Waals surface area contributed by atoms with Crippen molar-refractivity contribution in [3.05, 3.63) is 44.2 Å². The first-order valence-corrected chi connectivity index (χ1v) is 8.17. The van der Waals surface area contributed by atoms with Crippen molar-refractivity contribution in [3.63, 3.8) is 0 Å². The van der Waals surface area contributed by atoms with Crippen molar-refractivity contribution in [2.24, 2.45) is 0 Å². The molecule has 2 heterocycles. The van der Waals surface area contributed by atoms with Gasteiger partial charge in [0.1, 0.15) is 18.9 Å². The number of fused-ring (bicyclic) bond motifs is 1. The van der Waals surface area contributed by atoms with E-state index in [1.54, 1.807) is 0 Å². The molecule has 3 rings (SSSR count). The summed E-state index contributed by atoms with van der Waals surface area (Å²) in [6, 6.07) is 2.84. The van der Waals surface area contributed by atoms with Crippen LogP contribution in [0.4, 0.5) is 5.69 Å². The molecule has 3 N–H and O–H groups in total. The second-order valence-corrected chi connectivity index (χ2v) is 6.52. The van der Waals surface area contributed by atoms with Gasteiger partial charge in [0.25, 0.3) is 15.6 Å². The molecule has 0 bridgehead atoms. The molecule has 0 atom stereocenters. The number of H-pyrrole nitrogens is 2. The van der Waals surface area contributed by atoms with Gasteiger partial charge in [-0.15, -0.1) is 0 Å². The van der Waals surface area contributed by atoms with Crippen LogP contribution in [0.5, 0.6) is 11.5 Å². The maximum absolute atomic E-state index is 12.6. The van der Waals surface area contributed by atoms with E-state index in [0.717, 1.165) is 6.20 Å². The van der Waals surface area contributed by atoms with Crippen molar-refractivity contribution in [1.29, 1.82) is 0 Å². The summed E-state index contributed by atoms with van der Waals surface area (Å²) >= 11 is 5.98. The minimum atomic E-state index is -4.25. The number of nitrogens with one attached hydrogen (secondary N) is 3. The van der Waals surface area contributed by atoms with Crippen LogP contribution in [0.15, 0.2) is 32.8 Å². The second-order valence-electron chi connectivity index (χ2n) is 4.49. The van der Waals surface area contributed by atoms with Crippen molar-refractivity contribution in [3.8, 4) is 11.5 Å². The highest BCUT2D eigenvalue weighted by Gasteiger charge is 2.29. The average Bonchev–Trinajstić information content (AvgIpc) is 2.49. The fourth-order valence-corrected chi connectivity index (χ4v) is 3.72. The molecule has 23 heavy (non-hydrogen) atoms. The van der Waals surface area contributed by atoms with E-state index in [9.17, 15) is 18.0 Å². The highest BCUT2D eigenvalue weighted by atomic mass is 35.5. The van der Waals surface area contributed by atoms with Crippen LogP contribution in [-0.4, -0.2) is 31.6 Å². The standard InChI is InChI=1S/C12H10ClN3O6S/c13-6-1-2-8-9(22-4-3-21-8)10(6)23(19,20)16-7-5-14-12(18)15-11(7)17/h1-2,5,16H,3-4H2,(H2,14,15,17,18). The van der Waals surface area contributed by atoms with Crippen LogP contribution in [0.25, 0.3) is 0 Å². The number of sulfonamides is 1. The van der Waals surface area contributed by atoms with E-state index in [4.69, 9.17) is 21.1 Å². The predicted molar refractivity (Wildman–Crippen MR) is 80.9 cm³/mol. The number of hydrogen-bond acceptors (Lipinski definition) is 6. The smallest absolute Gasteiger partial charge is 0.325 e. The molecule has 0 fully saturated rings. The lowest BCUT2D eigenvalue weighted by Gasteiger charge is -2.21. The molecular weight excluding hydrogens is 350 g/mol. The van der Waals surface area contributed by atoms with Crippen LogP contribution in [0, 0.1) is 0 Å². The third-order valence-electron chi connectivity index (χ3n) is 2.95. The quantitative estimate of drug-likeness (QED) is 0.722. The minimum Gasteiger partial charge on any atom is -0.486 e. The number of anilines is 1. The first kappa shape index (κ1) is 15.4. The molecule has 1 aliphatic heterocycles. The van der Waals surface area contributed by atoms with Gasteiger partial charge in [-0.05, 0) is 12.1 Å². The maximum atomic E-state index is 12.6. The Morgan fingerprint density at radius 1 is 1.17 bits per heavy atom. The van der Waals surface area contributed by atoms with Crippen molar-refractivity contribution < 1.29 is 17.9 Å². The van der Waals surface area contributed by atoms with Crippen molar-refractivity contribution in [1.82, 2.24) is 9.97 Å². The second kappa shape index (κ2) is 5.63. The van der Waals surface area contributed by atoms with E-state index in [1.807, 2.05) is 4.98 Å². The lowest BCUT2D eigenvalue weighted by Crippen LogP contribution is -2.27. The number of hydrogen-bond donors (Lipinski definition) is 3. The molecule has 0 saturated heterocycles. The molecule has 1 aromatic heterocycles. The summed E-state index contributed by atoms with van der Waals surface area (Å²) in [6.07, 6.45) is 0.944. The molecule has 0 spiro atoms. The number of aromatic nitrogens is 2. The van der Waals surface area contributed by atoms with Crippen LogP contribution in [-0.2, 0) is 10.0 Å². The van der Waals surface area contributed by atoms with Gasteiger partial charge in [0, 0.05) is 6.20 Å². The van der Waals surface area contributed by atoms with Gasteiger partial charge >= 0.3 is 5.69 Å². The predicted octanol–water partition coefficient (Wildman–Crippen LogP) is 0.289. The van der Waals surface area contributed by atoms with E-state index < -0.39 is 21.3 Å². The number of benzene rings is 1. The SMILES string of the molecule is O=c1[nH]cc(NS(=O)(=O)c2c(Cl)ccc3c2OCCO3)c(=O)[nH]1. The van der Waals surface area contributed by atoms with Crippen molar-refractivity contribution in [2.45, 2.75) is 4.90 Å². The fraction of sp³-hybridized carbons (Fsp3) is 0.167. The summed E-state index contributed by atoms with van der Waals surface area (Å²) < 4.78 is 37.8. The summed E-state index contributed by atoms with van der Waals surface area (Å²) in [7, 11) is -4.25.